The van der Waals surface area contributed by atoms with Crippen LogP contribution in [0.3, 0.4) is 0 Å². The Kier molecular flexibility index (Phi) is 5.30. The van der Waals surface area contributed by atoms with Gasteiger partial charge in [0.15, 0.2) is 0 Å². The molecule has 0 saturated carbocycles. The van der Waals surface area contributed by atoms with Crippen molar-refractivity contribution in [2.75, 3.05) is 24.5 Å². The summed E-state index contributed by atoms with van der Waals surface area (Å²) in [6.45, 7) is 4.16. The molecule has 128 valence electrons. The molecule has 1 aliphatic rings. The van der Waals surface area contributed by atoms with Crippen LogP contribution in [0.4, 0.5) is 5.82 Å². The number of carbonyl (C=O) groups is 1. The Bertz CT molecular complexity index is 711. The maximum atomic E-state index is 12.7. The molecule has 2 heterocycles. The van der Waals surface area contributed by atoms with Gasteiger partial charge in [0.05, 0.1) is 17.2 Å². The molecule has 5 nitrogen and oxygen atoms in total. The molecule has 0 aliphatic carbocycles. The van der Waals surface area contributed by atoms with Crippen molar-refractivity contribution in [3.8, 4) is 0 Å². The minimum absolute atomic E-state index is 0.162. The second-order valence-electron chi connectivity index (χ2n) is 6.40. The maximum absolute atomic E-state index is 12.7. The van der Waals surface area contributed by atoms with Crippen LogP contribution in [-0.2, 0) is 0 Å². The van der Waals surface area contributed by atoms with Crippen molar-refractivity contribution in [2.45, 2.75) is 38.7 Å². The molecular weight excluding hydrogens is 302 g/mol. The number of aliphatic hydroxyl groups is 1. The molecule has 24 heavy (non-hydrogen) atoms. The third-order valence-electron chi connectivity index (χ3n) is 4.47. The van der Waals surface area contributed by atoms with Gasteiger partial charge in [-0.25, -0.2) is 4.98 Å². The molecule has 2 N–H and O–H groups in total. The van der Waals surface area contributed by atoms with Gasteiger partial charge in [-0.3, -0.25) is 4.79 Å². The van der Waals surface area contributed by atoms with E-state index in [1.165, 1.54) is 0 Å². The SMILES string of the molecule is CCCC(O)CNC(=O)c1cc2ccccc2nc1N1CCCC1. The molecule has 1 atom stereocenters. The Morgan fingerprint density at radius 3 is 2.83 bits per heavy atom. The molecule has 1 unspecified atom stereocenters. The largest absolute Gasteiger partial charge is 0.391 e. The van der Waals surface area contributed by atoms with Gasteiger partial charge >= 0.3 is 0 Å². The first-order valence-corrected chi connectivity index (χ1v) is 8.80. The number of para-hydroxylation sites is 1. The molecule has 0 radical (unpaired) electrons. The van der Waals surface area contributed by atoms with Crippen LogP contribution in [0.2, 0.25) is 0 Å². The Morgan fingerprint density at radius 1 is 1.33 bits per heavy atom. The van der Waals surface area contributed by atoms with E-state index in [0.29, 0.717) is 12.0 Å². The predicted molar refractivity (Wildman–Crippen MR) is 96.4 cm³/mol. The first kappa shape index (κ1) is 16.7. The van der Waals surface area contributed by atoms with Crippen LogP contribution in [0.5, 0.6) is 0 Å². The number of fused-ring (bicyclic) bond motifs is 1. The summed E-state index contributed by atoms with van der Waals surface area (Å²) in [5.41, 5.74) is 1.50. The van der Waals surface area contributed by atoms with Gasteiger partial charge in [-0.15, -0.1) is 0 Å². The van der Waals surface area contributed by atoms with Crippen LogP contribution in [0.1, 0.15) is 43.0 Å². The smallest absolute Gasteiger partial charge is 0.255 e. The minimum atomic E-state index is -0.498. The van der Waals surface area contributed by atoms with Crippen LogP contribution in [0, 0.1) is 0 Å². The third-order valence-corrected chi connectivity index (χ3v) is 4.47. The van der Waals surface area contributed by atoms with Crippen LogP contribution in [0.15, 0.2) is 30.3 Å². The van der Waals surface area contributed by atoms with E-state index < -0.39 is 6.10 Å². The van der Waals surface area contributed by atoms with Gasteiger partial charge in [0.2, 0.25) is 0 Å². The first-order valence-electron chi connectivity index (χ1n) is 8.80. The molecule has 0 bridgehead atoms. The van der Waals surface area contributed by atoms with Crippen LogP contribution < -0.4 is 10.2 Å². The third kappa shape index (κ3) is 3.67. The Hall–Kier alpha value is -2.14. The number of hydrogen-bond acceptors (Lipinski definition) is 4. The van der Waals surface area contributed by atoms with Gasteiger partial charge in [-0.05, 0) is 31.4 Å². The van der Waals surface area contributed by atoms with Crippen molar-refractivity contribution >= 4 is 22.6 Å². The highest BCUT2D eigenvalue weighted by Gasteiger charge is 2.22. The number of benzene rings is 1. The van der Waals surface area contributed by atoms with Gasteiger partial charge in [0.1, 0.15) is 5.82 Å². The fourth-order valence-electron chi connectivity index (χ4n) is 3.18. The number of nitrogens with one attached hydrogen (secondary N) is 1. The number of nitrogens with zero attached hydrogens (tertiary/aromatic N) is 2. The molecule has 1 fully saturated rings. The van der Waals surface area contributed by atoms with Gasteiger partial charge < -0.3 is 15.3 Å². The Balaban J connectivity index is 1.89. The van der Waals surface area contributed by atoms with Gasteiger partial charge in [0, 0.05) is 25.0 Å². The maximum Gasteiger partial charge on any atom is 0.255 e. The minimum Gasteiger partial charge on any atom is -0.391 e. The molecule has 3 rings (SSSR count). The number of anilines is 1. The Morgan fingerprint density at radius 2 is 2.08 bits per heavy atom. The van der Waals surface area contributed by atoms with E-state index in [9.17, 15) is 9.90 Å². The number of carbonyl (C=O) groups excluding carboxylic acids is 1. The number of aliphatic hydroxyl groups excluding tert-OH is 1. The second kappa shape index (κ2) is 7.62. The number of aromatic nitrogens is 1. The summed E-state index contributed by atoms with van der Waals surface area (Å²) in [5.74, 6) is 0.596. The van der Waals surface area contributed by atoms with E-state index in [2.05, 4.69) is 10.2 Å². The van der Waals surface area contributed by atoms with Crippen molar-refractivity contribution in [3.63, 3.8) is 0 Å². The summed E-state index contributed by atoms with van der Waals surface area (Å²) in [5, 5.41) is 13.7. The number of hydrogen-bond donors (Lipinski definition) is 2. The molecular formula is C19H25N3O2. The Labute approximate surface area is 142 Å². The summed E-state index contributed by atoms with van der Waals surface area (Å²) >= 11 is 0. The lowest BCUT2D eigenvalue weighted by molar-refractivity contribution is 0.0910. The number of amides is 1. The molecule has 2 aromatic rings. The highest BCUT2D eigenvalue weighted by atomic mass is 16.3. The predicted octanol–water partition coefficient (Wildman–Crippen LogP) is 2.73. The first-order chi connectivity index (χ1) is 11.7. The quantitative estimate of drug-likeness (QED) is 0.856. The van der Waals surface area contributed by atoms with E-state index in [1.807, 2.05) is 37.3 Å². The molecule has 1 saturated heterocycles. The molecule has 1 amide bonds. The van der Waals surface area contributed by atoms with E-state index in [1.54, 1.807) is 0 Å². The van der Waals surface area contributed by atoms with Crippen LogP contribution in [0.25, 0.3) is 10.9 Å². The fraction of sp³-hybridized carbons (Fsp3) is 0.474. The van der Waals surface area contributed by atoms with Gasteiger partial charge in [0.25, 0.3) is 5.91 Å². The summed E-state index contributed by atoms with van der Waals surface area (Å²) in [6, 6.07) is 9.77. The van der Waals surface area contributed by atoms with Crippen LogP contribution in [-0.4, -0.2) is 41.7 Å². The second-order valence-corrected chi connectivity index (χ2v) is 6.40. The highest BCUT2D eigenvalue weighted by Crippen LogP contribution is 2.26. The van der Waals surface area contributed by atoms with Gasteiger partial charge in [-0.1, -0.05) is 31.5 Å². The number of rotatable bonds is 6. The zero-order chi connectivity index (χ0) is 16.9. The monoisotopic (exact) mass is 327 g/mol. The van der Waals surface area contributed by atoms with Crippen LogP contribution >= 0.6 is 0 Å². The summed E-state index contributed by atoms with van der Waals surface area (Å²) in [4.78, 5) is 19.6. The number of pyridine rings is 1. The van der Waals surface area contributed by atoms with E-state index in [0.717, 1.165) is 49.1 Å². The normalized spacial score (nSPS) is 15.7. The lowest BCUT2D eigenvalue weighted by atomic mass is 10.1. The van der Waals surface area contributed by atoms with Crippen molar-refractivity contribution < 1.29 is 9.90 Å². The lowest BCUT2D eigenvalue weighted by Crippen LogP contribution is -2.33. The molecule has 0 spiro atoms. The van der Waals surface area contributed by atoms with Crippen molar-refractivity contribution in [2.24, 2.45) is 0 Å². The highest BCUT2D eigenvalue weighted by molar-refractivity contribution is 6.02. The summed E-state index contributed by atoms with van der Waals surface area (Å²) in [7, 11) is 0. The fourth-order valence-corrected chi connectivity index (χ4v) is 3.18. The molecule has 1 aromatic carbocycles. The average molecular weight is 327 g/mol. The topological polar surface area (TPSA) is 65.5 Å². The van der Waals surface area contributed by atoms with Crippen molar-refractivity contribution in [3.05, 3.63) is 35.9 Å². The van der Waals surface area contributed by atoms with E-state index in [4.69, 9.17) is 4.98 Å². The lowest BCUT2D eigenvalue weighted by Gasteiger charge is -2.21. The molecule has 1 aromatic heterocycles. The van der Waals surface area contributed by atoms with Crippen molar-refractivity contribution in [1.29, 1.82) is 0 Å². The zero-order valence-corrected chi connectivity index (χ0v) is 14.2. The van der Waals surface area contributed by atoms with Gasteiger partial charge in [-0.2, -0.15) is 0 Å². The standard InChI is InChI=1S/C19H25N3O2/c1-2-7-15(23)13-20-19(24)16-12-14-8-3-4-9-17(14)21-18(16)22-10-5-6-11-22/h3-4,8-9,12,15,23H,2,5-7,10-11,13H2,1H3,(H,20,24). The van der Waals surface area contributed by atoms with Crippen molar-refractivity contribution in [1.82, 2.24) is 10.3 Å². The van der Waals surface area contributed by atoms with E-state index in [-0.39, 0.29) is 12.5 Å². The zero-order valence-electron chi connectivity index (χ0n) is 14.2. The summed E-state index contributed by atoms with van der Waals surface area (Å²) < 4.78 is 0. The van der Waals surface area contributed by atoms with E-state index >= 15 is 0 Å². The average Bonchev–Trinajstić information content (AvgIpc) is 3.13. The summed E-state index contributed by atoms with van der Waals surface area (Å²) in [6.07, 6.45) is 3.35. The molecule has 5 heteroatoms. The molecule has 1 aliphatic heterocycles.